The summed E-state index contributed by atoms with van der Waals surface area (Å²) in [6.45, 7) is 6.70. The Morgan fingerprint density at radius 1 is 1.17 bits per heavy atom. The molecule has 23 heavy (non-hydrogen) atoms. The van der Waals surface area contributed by atoms with Crippen LogP contribution in [-0.2, 0) is 6.54 Å². The Hall–Kier alpha value is -2.05. The lowest BCUT2D eigenvalue weighted by molar-refractivity contribution is 0.218. The largest absolute Gasteiger partial charge is 0.338 e. The fourth-order valence-electron chi connectivity index (χ4n) is 2.45. The number of aryl methyl sites for hydroxylation is 2. The monoisotopic (exact) mass is 328 g/mol. The number of aromatic nitrogens is 3. The average Bonchev–Trinajstić information content (AvgIpc) is 3.13. The van der Waals surface area contributed by atoms with E-state index in [2.05, 4.69) is 48.1 Å². The van der Waals surface area contributed by atoms with Crippen LogP contribution in [0, 0.1) is 13.8 Å². The van der Waals surface area contributed by atoms with Gasteiger partial charge in [0.05, 0.1) is 12.2 Å². The van der Waals surface area contributed by atoms with Gasteiger partial charge in [-0.25, -0.2) is 4.98 Å². The Kier molecular flexibility index (Phi) is 4.54. The van der Waals surface area contributed by atoms with Crippen molar-refractivity contribution in [1.82, 2.24) is 20.0 Å². The Bertz CT molecular complexity index is 781. The van der Waals surface area contributed by atoms with Crippen molar-refractivity contribution in [3.8, 4) is 10.6 Å². The third-order valence-corrected chi connectivity index (χ3v) is 5.22. The maximum atomic E-state index is 5.21. The summed E-state index contributed by atoms with van der Waals surface area (Å²) in [5, 5.41) is 4.90. The van der Waals surface area contributed by atoms with Crippen LogP contribution in [0.15, 0.2) is 34.9 Å². The van der Waals surface area contributed by atoms with Crippen molar-refractivity contribution in [2.75, 3.05) is 7.05 Å². The fourth-order valence-corrected chi connectivity index (χ4v) is 3.64. The van der Waals surface area contributed by atoms with E-state index < -0.39 is 0 Å². The summed E-state index contributed by atoms with van der Waals surface area (Å²) in [6.07, 6.45) is 0. The minimum absolute atomic E-state index is 0.233. The van der Waals surface area contributed by atoms with E-state index >= 15 is 0 Å². The zero-order chi connectivity index (χ0) is 16.4. The van der Waals surface area contributed by atoms with Gasteiger partial charge < -0.3 is 4.52 Å². The summed E-state index contributed by atoms with van der Waals surface area (Å²) < 4.78 is 5.21. The van der Waals surface area contributed by atoms with Crippen LogP contribution < -0.4 is 0 Å². The van der Waals surface area contributed by atoms with Crippen LogP contribution in [0.3, 0.4) is 0 Å². The minimum Gasteiger partial charge on any atom is -0.338 e. The van der Waals surface area contributed by atoms with Crippen molar-refractivity contribution in [1.29, 1.82) is 0 Å². The van der Waals surface area contributed by atoms with Gasteiger partial charge in [0.1, 0.15) is 5.01 Å². The first-order chi connectivity index (χ1) is 11.0. The molecule has 3 rings (SSSR count). The SMILES string of the molecule is Cc1noc(CN(C)C(C)c2sc(-c3ccccc3)nc2C)n1. The first kappa shape index (κ1) is 15.8. The van der Waals surface area contributed by atoms with Gasteiger partial charge in [0.2, 0.25) is 5.89 Å². The van der Waals surface area contributed by atoms with Crippen molar-refractivity contribution in [2.45, 2.75) is 33.4 Å². The minimum atomic E-state index is 0.233. The fraction of sp³-hybridized carbons (Fsp3) is 0.353. The maximum Gasteiger partial charge on any atom is 0.240 e. The number of rotatable bonds is 5. The molecule has 0 bridgehead atoms. The first-order valence-corrected chi connectivity index (χ1v) is 8.38. The maximum absolute atomic E-state index is 5.21. The van der Waals surface area contributed by atoms with E-state index in [1.165, 1.54) is 4.88 Å². The zero-order valence-corrected chi connectivity index (χ0v) is 14.6. The highest BCUT2D eigenvalue weighted by Gasteiger charge is 2.20. The van der Waals surface area contributed by atoms with Crippen LogP contribution >= 0.6 is 11.3 Å². The molecule has 0 aliphatic carbocycles. The highest BCUT2D eigenvalue weighted by molar-refractivity contribution is 7.15. The van der Waals surface area contributed by atoms with Crippen LogP contribution in [0.2, 0.25) is 0 Å². The molecule has 0 N–H and O–H groups in total. The number of nitrogens with zero attached hydrogens (tertiary/aromatic N) is 4. The standard InChI is InChI=1S/C17H20N4OS/c1-11-16(23-17(18-11)14-8-6-5-7-9-14)12(2)21(4)10-15-19-13(3)20-22-15/h5-9,12H,10H2,1-4H3. The molecular weight excluding hydrogens is 308 g/mol. The van der Waals surface area contributed by atoms with E-state index in [0.29, 0.717) is 18.3 Å². The van der Waals surface area contributed by atoms with E-state index in [1.54, 1.807) is 11.3 Å². The van der Waals surface area contributed by atoms with E-state index in [9.17, 15) is 0 Å². The Balaban J connectivity index is 1.79. The van der Waals surface area contributed by atoms with Crippen molar-refractivity contribution in [2.24, 2.45) is 0 Å². The van der Waals surface area contributed by atoms with Crippen LogP contribution in [0.25, 0.3) is 10.6 Å². The van der Waals surface area contributed by atoms with Crippen molar-refractivity contribution in [3.05, 3.63) is 52.6 Å². The van der Waals surface area contributed by atoms with E-state index in [-0.39, 0.29) is 6.04 Å². The number of hydrogen-bond donors (Lipinski definition) is 0. The average molecular weight is 328 g/mol. The smallest absolute Gasteiger partial charge is 0.240 e. The molecule has 1 atom stereocenters. The molecule has 0 saturated carbocycles. The molecule has 6 heteroatoms. The molecule has 3 aromatic rings. The van der Waals surface area contributed by atoms with Gasteiger partial charge in [-0.15, -0.1) is 11.3 Å². The van der Waals surface area contributed by atoms with Gasteiger partial charge in [-0.2, -0.15) is 4.98 Å². The van der Waals surface area contributed by atoms with E-state index in [0.717, 1.165) is 16.3 Å². The second-order valence-corrected chi connectivity index (χ2v) is 6.69. The van der Waals surface area contributed by atoms with Crippen molar-refractivity contribution in [3.63, 3.8) is 0 Å². The molecule has 1 unspecified atom stereocenters. The predicted molar refractivity (Wildman–Crippen MR) is 91.2 cm³/mol. The summed E-state index contributed by atoms with van der Waals surface area (Å²) in [6, 6.07) is 10.5. The number of thiazole rings is 1. The Morgan fingerprint density at radius 3 is 2.57 bits per heavy atom. The lowest BCUT2D eigenvalue weighted by atomic mass is 10.2. The Morgan fingerprint density at radius 2 is 1.91 bits per heavy atom. The quantitative estimate of drug-likeness (QED) is 0.708. The number of hydrogen-bond acceptors (Lipinski definition) is 6. The molecule has 0 radical (unpaired) electrons. The van der Waals surface area contributed by atoms with Gasteiger partial charge in [0, 0.05) is 16.5 Å². The van der Waals surface area contributed by atoms with Gasteiger partial charge in [-0.1, -0.05) is 35.5 Å². The molecule has 2 heterocycles. The van der Waals surface area contributed by atoms with E-state index in [4.69, 9.17) is 9.51 Å². The van der Waals surface area contributed by atoms with Crippen molar-refractivity contribution < 1.29 is 4.52 Å². The highest BCUT2D eigenvalue weighted by atomic mass is 32.1. The van der Waals surface area contributed by atoms with Crippen LogP contribution in [0.5, 0.6) is 0 Å². The summed E-state index contributed by atoms with van der Waals surface area (Å²) >= 11 is 1.75. The second-order valence-electron chi connectivity index (χ2n) is 5.66. The molecule has 0 spiro atoms. The van der Waals surface area contributed by atoms with Gasteiger partial charge in [0.15, 0.2) is 5.82 Å². The summed E-state index contributed by atoms with van der Waals surface area (Å²) in [5.74, 6) is 1.31. The Labute approximate surface area is 140 Å². The van der Waals surface area contributed by atoms with Gasteiger partial charge in [-0.05, 0) is 27.8 Å². The number of benzene rings is 1. The molecule has 0 saturated heterocycles. The molecule has 0 amide bonds. The lowest BCUT2D eigenvalue weighted by Crippen LogP contribution is -2.22. The molecule has 1 aromatic carbocycles. The normalized spacial score (nSPS) is 12.7. The molecule has 2 aromatic heterocycles. The molecule has 0 fully saturated rings. The van der Waals surface area contributed by atoms with Gasteiger partial charge >= 0.3 is 0 Å². The van der Waals surface area contributed by atoms with E-state index in [1.807, 2.05) is 25.1 Å². The molecule has 0 aliphatic rings. The third kappa shape index (κ3) is 3.48. The predicted octanol–water partition coefficient (Wildman–Crippen LogP) is 4.00. The zero-order valence-electron chi connectivity index (χ0n) is 13.8. The highest BCUT2D eigenvalue weighted by Crippen LogP contribution is 2.34. The molecular formula is C17H20N4OS. The van der Waals surface area contributed by atoms with Crippen LogP contribution in [0.4, 0.5) is 0 Å². The van der Waals surface area contributed by atoms with Crippen LogP contribution in [0.1, 0.15) is 35.3 Å². The second kappa shape index (κ2) is 6.60. The summed E-state index contributed by atoms with van der Waals surface area (Å²) in [4.78, 5) is 12.5. The summed E-state index contributed by atoms with van der Waals surface area (Å²) in [7, 11) is 2.06. The molecule has 120 valence electrons. The topological polar surface area (TPSA) is 55.1 Å². The molecule has 5 nitrogen and oxygen atoms in total. The lowest BCUT2D eigenvalue weighted by Gasteiger charge is -2.22. The third-order valence-electron chi connectivity index (χ3n) is 3.85. The van der Waals surface area contributed by atoms with Gasteiger partial charge in [0.25, 0.3) is 0 Å². The molecule has 0 aliphatic heterocycles. The van der Waals surface area contributed by atoms with Crippen LogP contribution in [-0.4, -0.2) is 27.1 Å². The van der Waals surface area contributed by atoms with Gasteiger partial charge in [-0.3, -0.25) is 4.90 Å². The summed E-state index contributed by atoms with van der Waals surface area (Å²) in [5.41, 5.74) is 2.24. The first-order valence-electron chi connectivity index (χ1n) is 7.56. The van der Waals surface area contributed by atoms with Crippen molar-refractivity contribution >= 4 is 11.3 Å².